The Kier molecular flexibility index (Phi) is 11.9. The second-order valence-corrected chi connectivity index (χ2v) is 10.1. The number of hydrogen-bond donors (Lipinski definition) is 1. The molecule has 2 aromatic rings. The minimum absolute atomic E-state index is 0.00454. The Morgan fingerprint density at radius 2 is 1.58 bits per heavy atom. The third kappa shape index (κ3) is 8.80. The van der Waals surface area contributed by atoms with Crippen LogP contribution < -0.4 is 5.73 Å². The predicted octanol–water partition coefficient (Wildman–Crippen LogP) is 8.39. The van der Waals surface area contributed by atoms with Gasteiger partial charge in [-0.25, -0.2) is 4.98 Å². The van der Waals surface area contributed by atoms with Crippen LogP contribution in [-0.2, 0) is 4.79 Å². The molecular formula is C26H42N2O2S. The molecule has 1 atom stereocenters. The third-order valence-electron chi connectivity index (χ3n) is 6.00. The number of unbranched alkanes of at least 4 members (excludes halogenated alkanes) is 11. The first-order valence-corrected chi connectivity index (χ1v) is 13.2. The van der Waals surface area contributed by atoms with Crippen LogP contribution in [0.5, 0.6) is 0 Å². The standard InChI is InChI=1S/C26H42N2O2S/c1-4-5-6-7-8-9-10-11-12-13-14-15-17-21(24(29)20(2)3)25-23(28-26(27)31-25)22-18-16-19-30-22/h16,18-21H,4-15,17H2,1-3H3,(H2,27,28). The number of rotatable bonds is 17. The zero-order chi connectivity index (χ0) is 22.5. The van der Waals surface area contributed by atoms with Crippen LogP contribution in [0.1, 0.15) is 115 Å². The van der Waals surface area contributed by atoms with Gasteiger partial charge in [-0.05, 0) is 18.6 Å². The molecule has 2 aromatic heterocycles. The normalized spacial score (nSPS) is 12.5. The molecule has 0 radical (unpaired) electrons. The molecule has 0 aliphatic carbocycles. The highest BCUT2D eigenvalue weighted by Gasteiger charge is 2.29. The molecule has 0 aliphatic heterocycles. The molecule has 1 unspecified atom stereocenters. The predicted molar refractivity (Wildman–Crippen MR) is 133 cm³/mol. The molecule has 2 rings (SSSR count). The average molecular weight is 447 g/mol. The van der Waals surface area contributed by atoms with Crippen LogP contribution in [0, 0.1) is 5.92 Å². The lowest BCUT2D eigenvalue weighted by Crippen LogP contribution is -2.18. The maximum absolute atomic E-state index is 13.0. The molecule has 31 heavy (non-hydrogen) atoms. The summed E-state index contributed by atoms with van der Waals surface area (Å²) < 4.78 is 5.56. The highest BCUT2D eigenvalue weighted by Crippen LogP contribution is 2.39. The molecule has 0 aromatic carbocycles. The summed E-state index contributed by atoms with van der Waals surface area (Å²) in [6, 6.07) is 3.73. The second kappa shape index (κ2) is 14.4. The van der Waals surface area contributed by atoms with Gasteiger partial charge in [-0.2, -0.15) is 0 Å². The summed E-state index contributed by atoms with van der Waals surface area (Å²) in [7, 11) is 0. The summed E-state index contributed by atoms with van der Waals surface area (Å²) >= 11 is 1.44. The van der Waals surface area contributed by atoms with Gasteiger partial charge >= 0.3 is 0 Å². The number of carbonyl (C=O) groups excluding carboxylic acids is 1. The number of thiazole rings is 1. The number of aromatic nitrogens is 1. The van der Waals surface area contributed by atoms with Crippen molar-refractivity contribution in [1.29, 1.82) is 0 Å². The van der Waals surface area contributed by atoms with Crippen molar-refractivity contribution in [2.75, 3.05) is 5.73 Å². The number of nitrogen functional groups attached to an aromatic ring is 1. The van der Waals surface area contributed by atoms with Crippen LogP contribution in [0.4, 0.5) is 5.13 Å². The maximum Gasteiger partial charge on any atom is 0.180 e. The molecule has 0 bridgehead atoms. The Hall–Kier alpha value is -1.62. The summed E-state index contributed by atoms with van der Waals surface area (Å²) in [6.45, 7) is 6.23. The van der Waals surface area contributed by atoms with Gasteiger partial charge in [0.25, 0.3) is 0 Å². The highest BCUT2D eigenvalue weighted by atomic mass is 32.1. The number of anilines is 1. The monoisotopic (exact) mass is 446 g/mol. The Bertz CT molecular complexity index is 737. The number of ketones is 1. The van der Waals surface area contributed by atoms with Crippen molar-refractivity contribution in [3.8, 4) is 11.5 Å². The first kappa shape index (κ1) is 25.6. The summed E-state index contributed by atoms with van der Waals surface area (Å²) in [6.07, 6.45) is 18.3. The molecule has 0 saturated heterocycles. The summed E-state index contributed by atoms with van der Waals surface area (Å²) in [4.78, 5) is 18.5. The van der Waals surface area contributed by atoms with Crippen LogP contribution in [0.15, 0.2) is 22.8 Å². The molecule has 174 valence electrons. The van der Waals surface area contributed by atoms with Gasteiger partial charge in [0.1, 0.15) is 11.5 Å². The van der Waals surface area contributed by atoms with Gasteiger partial charge < -0.3 is 10.2 Å². The molecular weight excluding hydrogens is 404 g/mol. The van der Waals surface area contributed by atoms with Gasteiger partial charge in [0.05, 0.1) is 12.2 Å². The van der Waals surface area contributed by atoms with E-state index in [9.17, 15) is 4.79 Å². The van der Waals surface area contributed by atoms with E-state index in [4.69, 9.17) is 10.2 Å². The van der Waals surface area contributed by atoms with Crippen molar-refractivity contribution in [3.05, 3.63) is 23.3 Å². The average Bonchev–Trinajstić information content (AvgIpc) is 3.40. The van der Waals surface area contributed by atoms with Crippen molar-refractivity contribution in [1.82, 2.24) is 4.98 Å². The fourth-order valence-corrected chi connectivity index (χ4v) is 5.15. The first-order valence-electron chi connectivity index (χ1n) is 12.4. The lowest BCUT2D eigenvalue weighted by molar-refractivity contribution is -0.123. The molecule has 0 aliphatic rings. The summed E-state index contributed by atoms with van der Waals surface area (Å²) in [5.74, 6) is 0.826. The topological polar surface area (TPSA) is 69.1 Å². The quantitative estimate of drug-likeness (QED) is 0.248. The van der Waals surface area contributed by atoms with E-state index < -0.39 is 0 Å². The van der Waals surface area contributed by atoms with Gasteiger partial charge in [-0.1, -0.05) is 97.8 Å². The fraction of sp³-hybridized carbons (Fsp3) is 0.692. The molecule has 5 heteroatoms. The van der Waals surface area contributed by atoms with Gasteiger partial charge in [-0.3, -0.25) is 4.79 Å². The molecule has 0 fully saturated rings. The Morgan fingerprint density at radius 3 is 2.10 bits per heavy atom. The van der Waals surface area contributed by atoms with E-state index in [-0.39, 0.29) is 17.6 Å². The van der Waals surface area contributed by atoms with Crippen LogP contribution in [0.3, 0.4) is 0 Å². The van der Waals surface area contributed by atoms with E-state index in [1.165, 1.54) is 82.0 Å². The van der Waals surface area contributed by atoms with Gasteiger partial charge in [0.2, 0.25) is 0 Å². The minimum Gasteiger partial charge on any atom is -0.463 e. The number of nitrogens with two attached hydrogens (primary N) is 1. The van der Waals surface area contributed by atoms with Crippen LogP contribution in [-0.4, -0.2) is 10.8 Å². The van der Waals surface area contributed by atoms with Gasteiger partial charge in [0, 0.05) is 10.8 Å². The smallest absolute Gasteiger partial charge is 0.180 e. The lowest BCUT2D eigenvalue weighted by Gasteiger charge is -2.17. The Morgan fingerprint density at radius 1 is 1.00 bits per heavy atom. The lowest BCUT2D eigenvalue weighted by atomic mass is 9.88. The summed E-state index contributed by atoms with van der Waals surface area (Å²) in [5, 5.41) is 0.498. The molecule has 0 amide bonds. The first-order chi connectivity index (χ1) is 15.0. The van der Waals surface area contributed by atoms with Crippen LogP contribution in [0.25, 0.3) is 11.5 Å². The molecule has 0 spiro atoms. The van der Waals surface area contributed by atoms with Crippen molar-refractivity contribution in [2.45, 2.75) is 110 Å². The zero-order valence-electron chi connectivity index (χ0n) is 19.8. The Labute approximate surface area is 193 Å². The molecule has 2 N–H and O–H groups in total. The van der Waals surface area contributed by atoms with E-state index in [0.29, 0.717) is 10.9 Å². The number of hydrogen-bond acceptors (Lipinski definition) is 5. The van der Waals surface area contributed by atoms with E-state index >= 15 is 0 Å². The van der Waals surface area contributed by atoms with Gasteiger partial charge in [0.15, 0.2) is 10.9 Å². The van der Waals surface area contributed by atoms with Crippen molar-refractivity contribution in [3.63, 3.8) is 0 Å². The Balaban J connectivity index is 1.78. The van der Waals surface area contributed by atoms with Crippen molar-refractivity contribution >= 4 is 22.3 Å². The van der Waals surface area contributed by atoms with E-state index in [0.717, 1.165) is 23.4 Å². The number of furan rings is 1. The number of Topliss-reactive ketones (excluding diaryl/α,β-unsaturated/α-hetero) is 1. The van der Waals surface area contributed by atoms with Gasteiger partial charge in [-0.15, -0.1) is 11.3 Å². The second-order valence-electron chi connectivity index (χ2n) is 9.03. The zero-order valence-corrected chi connectivity index (χ0v) is 20.6. The van der Waals surface area contributed by atoms with Crippen molar-refractivity contribution < 1.29 is 9.21 Å². The third-order valence-corrected chi connectivity index (χ3v) is 7.00. The largest absolute Gasteiger partial charge is 0.463 e. The fourth-order valence-electron chi connectivity index (χ4n) is 4.17. The van der Waals surface area contributed by atoms with Crippen LogP contribution >= 0.6 is 11.3 Å². The van der Waals surface area contributed by atoms with E-state index in [2.05, 4.69) is 11.9 Å². The van der Waals surface area contributed by atoms with Crippen molar-refractivity contribution in [2.24, 2.45) is 5.92 Å². The maximum atomic E-state index is 13.0. The SMILES string of the molecule is CCCCCCCCCCCCCCC(C(=O)C(C)C)c1sc(N)nc1-c1ccco1. The molecule has 2 heterocycles. The molecule has 0 saturated carbocycles. The highest BCUT2D eigenvalue weighted by molar-refractivity contribution is 7.16. The van der Waals surface area contributed by atoms with E-state index in [1.807, 2.05) is 26.0 Å². The molecule has 4 nitrogen and oxygen atoms in total. The summed E-state index contributed by atoms with van der Waals surface area (Å²) in [5.41, 5.74) is 6.76. The number of carbonyl (C=O) groups is 1. The van der Waals surface area contributed by atoms with Crippen LogP contribution in [0.2, 0.25) is 0 Å². The minimum atomic E-state index is -0.141. The van der Waals surface area contributed by atoms with E-state index in [1.54, 1.807) is 6.26 Å². The number of nitrogens with zero attached hydrogens (tertiary/aromatic N) is 1.